The molecule has 4 rings (SSSR count). The molecule has 0 atom stereocenters. The van der Waals surface area contributed by atoms with Crippen LogP contribution in [-0.2, 0) is 30.7 Å². The molecule has 0 saturated carbocycles. The van der Waals surface area contributed by atoms with E-state index in [-0.39, 0.29) is 18.9 Å². The van der Waals surface area contributed by atoms with Gasteiger partial charge in [-0.25, -0.2) is 9.37 Å². The number of hydrogen-bond donors (Lipinski definition) is 0. The second-order valence-electron chi connectivity index (χ2n) is 7.27. The summed E-state index contributed by atoms with van der Waals surface area (Å²) in [4.78, 5) is 16.7. The summed E-state index contributed by atoms with van der Waals surface area (Å²) in [6, 6.07) is 11.8. The summed E-state index contributed by atoms with van der Waals surface area (Å²) in [5.74, 6) is -2.08. The Bertz CT molecular complexity index is 1060. The topological polar surface area (TPSA) is 38.1 Å². The Balaban J connectivity index is 1.56. The summed E-state index contributed by atoms with van der Waals surface area (Å²) in [6.45, 7) is 0.584. The van der Waals surface area contributed by atoms with Crippen LogP contribution in [0.15, 0.2) is 55.0 Å². The van der Waals surface area contributed by atoms with E-state index < -0.39 is 12.1 Å². The maximum absolute atomic E-state index is 13.1. The lowest BCUT2D eigenvalue weighted by Crippen LogP contribution is -2.43. The highest BCUT2D eigenvalue weighted by Gasteiger charge is 2.43. The number of nitrogens with zero attached hydrogens (tertiary/aromatic N) is 3. The van der Waals surface area contributed by atoms with Crippen LogP contribution >= 0.6 is 0 Å². The molecule has 0 unspecified atom stereocenters. The first kappa shape index (κ1) is 20.1. The van der Waals surface area contributed by atoms with Gasteiger partial charge in [0.15, 0.2) is 0 Å². The Morgan fingerprint density at radius 2 is 1.87 bits per heavy atom. The Labute approximate surface area is 170 Å². The van der Waals surface area contributed by atoms with Crippen molar-refractivity contribution in [3.05, 3.63) is 77.5 Å². The fourth-order valence-electron chi connectivity index (χ4n) is 3.83. The lowest BCUT2D eigenvalue weighted by Gasteiger charge is -2.30. The lowest BCUT2D eigenvalue weighted by molar-refractivity contribution is -0.186. The second-order valence-corrected chi connectivity index (χ2v) is 7.27. The number of halogens is 4. The molecule has 1 aromatic heterocycles. The Hall–Kier alpha value is -3.16. The van der Waals surface area contributed by atoms with Gasteiger partial charge in [0.2, 0.25) is 0 Å². The molecule has 0 spiro atoms. The van der Waals surface area contributed by atoms with Gasteiger partial charge in [-0.2, -0.15) is 13.2 Å². The highest BCUT2D eigenvalue weighted by atomic mass is 19.4. The molecule has 1 aliphatic rings. The van der Waals surface area contributed by atoms with Crippen molar-refractivity contribution in [3.63, 3.8) is 0 Å². The fraction of sp³-hybridized carbons (Fsp3) is 0.273. The molecule has 2 aromatic carbocycles. The van der Waals surface area contributed by atoms with Crippen molar-refractivity contribution in [2.24, 2.45) is 0 Å². The Kier molecular flexibility index (Phi) is 5.32. The number of aryl methyl sites for hydroxylation is 2. The van der Waals surface area contributed by atoms with E-state index in [1.807, 2.05) is 10.6 Å². The van der Waals surface area contributed by atoms with Gasteiger partial charge >= 0.3 is 12.1 Å². The normalized spacial score (nSPS) is 13.9. The Morgan fingerprint density at radius 3 is 2.60 bits per heavy atom. The minimum absolute atomic E-state index is 0.0199. The SMILES string of the molecule is O=C(N1CCc2c(cccc2-c2cncn2CCc2ccc(F)cc2)C1)C(F)(F)F. The third-order valence-corrected chi connectivity index (χ3v) is 5.34. The van der Waals surface area contributed by atoms with Gasteiger partial charge in [0, 0.05) is 25.2 Å². The highest BCUT2D eigenvalue weighted by Crippen LogP contribution is 2.32. The second kappa shape index (κ2) is 7.93. The maximum Gasteiger partial charge on any atom is 0.471 e. The average molecular weight is 417 g/mol. The van der Waals surface area contributed by atoms with Gasteiger partial charge in [0.25, 0.3) is 0 Å². The van der Waals surface area contributed by atoms with Crippen LogP contribution < -0.4 is 0 Å². The van der Waals surface area contributed by atoms with Gasteiger partial charge in [-0.15, -0.1) is 0 Å². The van der Waals surface area contributed by atoms with E-state index in [0.717, 1.165) is 27.3 Å². The predicted octanol–water partition coefficient (Wildman–Crippen LogP) is 4.38. The van der Waals surface area contributed by atoms with Crippen LogP contribution in [-0.4, -0.2) is 33.1 Å². The first-order valence-electron chi connectivity index (χ1n) is 9.55. The van der Waals surface area contributed by atoms with Gasteiger partial charge in [-0.3, -0.25) is 4.79 Å². The van der Waals surface area contributed by atoms with Gasteiger partial charge < -0.3 is 9.47 Å². The third kappa shape index (κ3) is 4.08. The summed E-state index contributed by atoms with van der Waals surface area (Å²) < 4.78 is 53.4. The number of carbonyl (C=O) groups excluding carboxylic acids is 1. The number of alkyl halides is 3. The molecule has 0 aliphatic carbocycles. The molecule has 2 heterocycles. The standard InChI is InChI=1S/C22H19F4N3O/c23-17-6-4-15(5-7-17)8-10-29-14-27-12-20(29)19-3-1-2-16-13-28(11-9-18(16)19)21(30)22(24,25)26/h1-7,12,14H,8-11,13H2. The van der Waals surface area contributed by atoms with E-state index in [2.05, 4.69) is 4.98 Å². The van der Waals surface area contributed by atoms with E-state index >= 15 is 0 Å². The van der Waals surface area contributed by atoms with E-state index in [0.29, 0.717) is 24.9 Å². The smallest absolute Gasteiger partial charge is 0.330 e. The maximum atomic E-state index is 13.1. The minimum atomic E-state index is -4.87. The van der Waals surface area contributed by atoms with E-state index in [1.54, 1.807) is 36.8 Å². The minimum Gasteiger partial charge on any atom is -0.330 e. The van der Waals surface area contributed by atoms with Crippen molar-refractivity contribution in [3.8, 4) is 11.3 Å². The molecule has 4 nitrogen and oxygen atoms in total. The van der Waals surface area contributed by atoms with Crippen molar-refractivity contribution in [1.29, 1.82) is 0 Å². The summed E-state index contributed by atoms with van der Waals surface area (Å²) in [7, 11) is 0. The molecule has 0 radical (unpaired) electrons. The van der Waals surface area contributed by atoms with Gasteiger partial charge in [0.05, 0.1) is 18.2 Å². The number of rotatable bonds is 4. The number of fused-ring (bicyclic) bond motifs is 1. The number of benzene rings is 2. The molecule has 1 aliphatic heterocycles. The molecular weight excluding hydrogens is 398 g/mol. The van der Waals surface area contributed by atoms with Gasteiger partial charge in [-0.1, -0.05) is 30.3 Å². The van der Waals surface area contributed by atoms with Gasteiger partial charge in [0.1, 0.15) is 5.82 Å². The summed E-state index contributed by atoms with van der Waals surface area (Å²) in [5.41, 5.74) is 4.41. The fourth-order valence-corrected chi connectivity index (χ4v) is 3.83. The molecule has 1 amide bonds. The van der Waals surface area contributed by atoms with Crippen molar-refractivity contribution in [1.82, 2.24) is 14.5 Å². The van der Waals surface area contributed by atoms with E-state index in [9.17, 15) is 22.4 Å². The molecule has 0 saturated heterocycles. The van der Waals surface area contributed by atoms with Crippen LogP contribution in [0.2, 0.25) is 0 Å². The zero-order chi connectivity index (χ0) is 21.3. The number of hydrogen-bond acceptors (Lipinski definition) is 2. The largest absolute Gasteiger partial charge is 0.471 e. The van der Waals surface area contributed by atoms with Crippen LogP contribution in [0.3, 0.4) is 0 Å². The van der Waals surface area contributed by atoms with Crippen LogP contribution in [0.5, 0.6) is 0 Å². The van der Waals surface area contributed by atoms with E-state index in [4.69, 9.17) is 0 Å². The van der Waals surface area contributed by atoms with Crippen molar-refractivity contribution >= 4 is 5.91 Å². The first-order valence-corrected chi connectivity index (χ1v) is 9.55. The molecule has 3 aromatic rings. The van der Waals surface area contributed by atoms with Crippen LogP contribution in [0.25, 0.3) is 11.3 Å². The first-order chi connectivity index (χ1) is 14.3. The Morgan fingerprint density at radius 1 is 1.10 bits per heavy atom. The molecule has 156 valence electrons. The molecule has 8 heteroatoms. The monoisotopic (exact) mass is 417 g/mol. The zero-order valence-corrected chi connectivity index (χ0v) is 16.0. The number of carbonyl (C=O) groups is 1. The quantitative estimate of drug-likeness (QED) is 0.591. The molecule has 0 fully saturated rings. The van der Waals surface area contributed by atoms with Crippen molar-refractivity contribution in [2.75, 3.05) is 6.54 Å². The zero-order valence-electron chi connectivity index (χ0n) is 16.0. The number of amides is 1. The van der Waals surface area contributed by atoms with Crippen molar-refractivity contribution < 1.29 is 22.4 Å². The molecule has 0 N–H and O–H groups in total. The van der Waals surface area contributed by atoms with Crippen LogP contribution in [0.1, 0.15) is 16.7 Å². The van der Waals surface area contributed by atoms with Crippen LogP contribution in [0, 0.1) is 5.82 Å². The number of imidazole rings is 1. The number of aromatic nitrogens is 2. The lowest BCUT2D eigenvalue weighted by atomic mass is 9.93. The summed E-state index contributed by atoms with van der Waals surface area (Å²) in [5, 5.41) is 0. The molecule has 0 bridgehead atoms. The molecule has 30 heavy (non-hydrogen) atoms. The molecular formula is C22H19F4N3O. The third-order valence-electron chi connectivity index (χ3n) is 5.34. The summed E-state index contributed by atoms with van der Waals surface area (Å²) in [6.07, 6.45) is -0.398. The van der Waals surface area contributed by atoms with Crippen molar-refractivity contribution in [2.45, 2.75) is 32.1 Å². The van der Waals surface area contributed by atoms with Crippen LogP contribution in [0.4, 0.5) is 17.6 Å². The van der Waals surface area contributed by atoms with E-state index in [1.165, 1.54) is 12.1 Å². The highest BCUT2D eigenvalue weighted by molar-refractivity contribution is 5.82. The predicted molar refractivity (Wildman–Crippen MR) is 103 cm³/mol. The van der Waals surface area contributed by atoms with Gasteiger partial charge in [-0.05, 0) is 41.7 Å². The average Bonchev–Trinajstić information content (AvgIpc) is 3.19. The summed E-state index contributed by atoms with van der Waals surface area (Å²) >= 11 is 0.